The van der Waals surface area contributed by atoms with Gasteiger partial charge >= 0.3 is 6.09 Å². The van der Waals surface area contributed by atoms with Gasteiger partial charge in [-0.05, 0) is 288 Å². The van der Waals surface area contributed by atoms with Crippen molar-refractivity contribution >= 4 is 6.09 Å². The van der Waals surface area contributed by atoms with Crippen molar-refractivity contribution in [2.75, 3.05) is 206 Å². The molecule has 1 N–H and O–H groups in total. The number of nitrogens with one attached hydrogen (secondary N) is 1. The lowest BCUT2D eigenvalue weighted by Gasteiger charge is -2.32. The van der Waals surface area contributed by atoms with Gasteiger partial charge < -0.3 is 67.7 Å². The van der Waals surface area contributed by atoms with E-state index in [0.717, 1.165) is 184 Å². The molecular formula is C103H190N10O9. The maximum absolute atomic E-state index is 11.6. The van der Waals surface area contributed by atoms with Crippen molar-refractivity contribution in [2.45, 2.75) is 277 Å². The van der Waals surface area contributed by atoms with Crippen LogP contribution in [0.1, 0.15) is 261 Å². The zero-order valence-electron chi connectivity index (χ0n) is 82.4. The molecule has 12 fully saturated rings. The third-order valence-corrected chi connectivity index (χ3v) is 23.1. The van der Waals surface area contributed by atoms with E-state index in [0.29, 0.717) is 12.9 Å². The smallest absolute Gasteiger partial charge is 0.410 e. The highest BCUT2D eigenvalue weighted by Crippen LogP contribution is 2.27. The number of carbonyl (C=O) groups is 1. The summed E-state index contributed by atoms with van der Waals surface area (Å²) in [6.45, 7) is 62.8. The van der Waals surface area contributed by atoms with Crippen molar-refractivity contribution in [3.05, 3.63) is 127 Å². The molecule has 3 aromatic heterocycles. The van der Waals surface area contributed by atoms with Crippen LogP contribution in [0.2, 0.25) is 0 Å². The van der Waals surface area contributed by atoms with Crippen LogP contribution in [0.25, 0.3) is 0 Å². The van der Waals surface area contributed by atoms with Gasteiger partial charge in [0, 0.05) is 142 Å². The third-order valence-electron chi connectivity index (χ3n) is 23.1. The average molecular weight is 1710 g/mol. The predicted molar refractivity (Wildman–Crippen MR) is 516 cm³/mol. The quantitative estimate of drug-likeness (QED) is 0.201. The van der Waals surface area contributed by atoms with Crippen LogP contribution in [0.15, 0.2) is 110 Å². The molecule has 0 bridgehead atoms. The lowest BCUT2D eigenvalue weighted by molar-refractivity contribution is -0.132. The number of amides is 1. The molecule has 19 nitrogen and oxygen atoms in total. The first-order chi connectivity index (χ1) is 58.8. The third kappa shape index (κ3) is 77.7. The second-order valence-electron chi connectivity index (χ2n) is 37.0. The van der Waals surface area contributed by atoms with Gasteiger partial charge in [-0.15, -0.1) is 0 Å². The molecule has 1 aromatic carbocycles. The number of piperidine rings is 3. The fraction of sp³-hybridized carbons (Fsp3) is 0.786. The zero-order valence-corrected chi connectivity index (χ0v) is 82.4. The Morgan fingerprint density at radius 3 is 1.15 bits per heavy atom. The molecule has 2 aliphatic carbocycles. The number of pyridine rings is 3. The van der Waals surface area contributed by atoms with Crippen LogP contribution in [0.5, 0.6) is 0 Å². The molecule has 12 aliphatic rings. The maximum Gasteiger partial charge on any atom is 0.410 e. The van der Waals surface area contributed by atoms with E-state index in [4.69, 9.17) is 37.9 Å². The van der Waals surface area contributed by atoms with E-state index in [1.165, 1.54) is 205 Å². The van der Waals surface area contributed by atoms with Crippen molar-refractivity contribution < 1.29 is 42.7 Å². The highest BCUT2D eigenvalue weighted by Gasteiger charge is 2.26. The highest BCUT2D eigenvalue weighted by molar-refractivity contribution is 5.68. The van der Waals surface area contributed by atoms with E-state index in [2.05, 4.69) is 142 Å². The van der Waals surface area contributed by atoms with E-state index in [9.17, 15) is 4.79 Å². The summed E-state index contributed by atoms with van der Waals surface area (Å²) in [5.74, 6) is 7.66. The number of likely N-dealkylation sites (N-methyl/N-ethyl adjacent to an activating group) is 3. The lowest BCUT2D eigenvalue weighted by Crippen LogP contribution is -2.42. The summed E-state index contributed by atoms with van der Waals surface area (Å²) in [5.41, 5.74) is 3.17. The molecule has 0 spiro atoms. The Hall–Kier alpha value is -4.58. The summed E-state index contributed by atoms with van der Waals surface area (Å²) in [7, 11) is 8.66. The average Bonchev–Trinajstić information content (AvgIpc) is 1.34. The minimum absolute atomic E-state index is 0.163. The first-order valence-corrected chi connectivity index (χ1v) is 48.6. The second kappa shape index (κ2) is 79.8. The predicted octanol–water partition coefficient (Wildman–Crippen LogP) is 21.6. The molecule has 16 rings (SSSR count). The van der Waals surface area contributed by atoms with Gasteiger partial charge in [0.1, 0.15) is 12.4 Å². The molecule has 122 heavy (non-hydrogen) atoms. The summed E-state index contributed by atoms with van der Waals surface area (Å²) in [4.78, 5) is 37.0. The zero-order chi connectivity index (χ0) is 89.7. The van der Waals surface area contributed by atoms with Crippen LogP contribution in [-0.2, 0) is 37.9 Å². The number of ether oxygens (including phenoxy) is 8. The van der Waals surface area contributed by atoms with Gasteiger partial charge in [-0.1, -0.05) is 175 Å². The number of carbonyl (C=O) groups excluding carboxylic acids is 1. The molecule has 0 radical (unpaired) electrons. The first kappa shape index (κ1) is 115. The number of rotatable bonds is 5. The number of likely N-dealkylation sites (tertiary alicyclic amines) is 2. The van der Waals surface area contributed by atoms with Crippen LogP contribution < -0.4 is 5.32 Å². The molecule has 706 valence electrons. The summed E-state index contributed by atoms with van der Waals surface area (Å²) in [6.07, 6.45) is 41.5. The minimum atomic E-state index is -0.375. The monoisotopic (exact) mass is 1710 g/mol. The SMILES string of the molecule is CC1CC1.CC1CCCCC1.CC1CCN(C(=O)OC(C)(C)C)CC1.CC1CCN(C)CC1.CC1CCNCC1.CC1CCOCC1.CC1CCOCO1.CCC1CCOCC1.CCCC1CCOCC1.CCCN1CCOCC1.CN1CCN(C)CC1.CN1CCOCC1.Cc1ccccn1.Cc1cccnc1.Cc1ccncc1.c1ccccc1. The number of aromatic nitrogens is 3. The molecule has 10 saturated heterocycles. The molecular weight excluding hydrogens is 1520 g/mol. The van der Waals surface area contributed by atoms with Crippen LogP contribution in [0, 0.1) is 68.1 Å². The number of morpholine rings is 2. The van der Waals surface area contributed by atoms with Gasteiger partial charge in [0.25, 0.3) is 0 Å². The topological polar surface area (TPSA) is 161 Å². The van der Waals surface area contributed by atoms with E-state index < -0.39 is 0 Å². The Bertz CT molecular complexity index is 2480. The van der Waals surface area contributed by atoms with Crippen molar-refractivity contribution in [1.82, 2.24) is 49.7 Å². The minimum Gasteiger partial charge on any atom is -0.444 e. The Labute approximate surface area is 750 Å². The second-order valence-corrected chi connectivity index (χ2v) is 37.0. The van der Waals surface area contributed by atoms with Gasteiger partial charge in [-0.2, -0.15) is 0 Å². The van der Waals surface area contributed by atoms with Crippen molar-refractivity contribution in [3.63, 3.8) is 0 Å². The molecule has 1 unspecified atom stereocenters. The lowest BCUT2D eigenvalue weighted by atomic mass is 9.91. The number of piperazine rings is 1. The van der Waals surface area contributed by atoms with Crippen molar-refractivity contribution in [1.29, 1.82) is 0 Å². The fourth-order valence-corrected chi connectivity index (χ4v) is 13.5. The summed E-state index contributed by atoms with van der Waals surface area (Å²) in [6, 6.07) is 25.7. The molecule has 4 aromatic rings. The Balaban J connectivity index is 0.000000654. The van der Waals surface area contributed by atoms with E-state index in [-0.39, 0.29) is 11.7 Å². The maximum atomic E-state index is 11.6. The number of aryl methyl sites for hydroxylation is 3. The van der Waals surface area contributed by atoms with Crippen molar-refractivity contribution in [3.8, 4) is 0 Å². The van der Waals surface area contributed by atoms with Crippen LogP contribution in [0.3, 0.4) is 0 Å². The highest BCUT2D eigenvalue weighted by atomic mass is 16.7. The van der Waals surface area contributed by atoms with Gasteiger partial charge in [0.2, 0.25) is 0 Å². The molecule has 1 amide bonds. The summed E-state index contributed by atoms with van der Waals surface area (Å²) < 4.78 is 41.2. The molecule has 2 saturated carbocycles. The van der Waals surface area contributed by atoms with Gasteiger partial charge in [0.15, 0.2) is 0 Å². The Kier molecular flexibility index (Phi) is 75.5. The summed E-state index contributed by atoms with van der Waals surface area (Å²) >= 11 is 0. The van der Waals surface area contributed by atoms with Crippen molar-refractivity contribution in [2.24, 2.45) is 47.3 Å². The number of benzene rings is 1. The van der Waals surface area contributed by atoms with Crippen LogP contribution >= 0.6 is 0 Å². The molecule has 19 heteroatoms. The largest absolute Gasteiger partial charge is 0.444 e. The van der Waals surface area contributed by atoms with E-state index in [1.807, 2.05) is 132 Å². The standard InChI is InChI=1S/C11H21NO2.C8H16O.C7H15NO.C7H15N.C7H14O.C7H14.C6H14N2.C6H13N.3C6H7N.C6H12O.C6H6.C5H11NO.C5H10O2.C4H8/c1-9-5-7-12(8-6-9)10(13)14-11(2,3)4;2*1-2-3-8-4-6-9-7-5-8;1-7-3-5-8(2)6-4-7;1-2-7-3-5-8-6-4-7;1-7-5-3-2-4-6-7;1-7-3-5-8(2)6-4-7;2*1-6-2-4-7-5-3-6;1-6-3-2-4-7-5-6;1-6-4-2-3-5-7-6;1-6-2-4-7-5-3-6;1-2-4-6-5-3-1;1-6-2-4-7-5-3-6;1-5-2-3-6-4-7-5;1-4-2-3-4/h9H,5-8H2,1-4H3;8H,2-7H2,1H3;2-7H2,1H3;7H,3-6H2,1-2H3;7H,2-6H2,1H3;7H,2-6H2,1H3;3-6H2,1-2H3;6-7H,2-5H2,1H3;3*2-5H,1H3;6H,2-5H2,1H3;1-6H;2-5H2,1H3;5H,2-4H2,1H3;4H,2-3H2,1H3. The number of hydrogen-bond donors (Lipinski definition) is 1. The van der Waals surface area contributed by atoms with Crippen LogP contribution in [-0.4, -0.2) is 268 Å². The summed E-state index contributed by atoms with van der Waals surface area (Å²) in [5, 5.41) is 3.32. The Morgan fingerprint density at radius 2 is 0.852 bits per heavy atom. The Morgan fingerprint density at radius 1 is 0.410 bits per heavy atom. The first-order valence-electron chi connectivity index (χ1n) is 48.6. The molecule has 10 aliphatic heterocycles. The molecule has 13 heterocycles. The number of hydrogen-bond acceptors (Lipinski definition) is 18. The van der Waals surface area contributed by atoms with Gasteiger partial charge in [-0.25, -0.2) is 4.79 Å². The number of nitrogens with zero attached hydrogens (tertiary/aromatic N) is 9. The van der Waals surface area contributed by atoms with Gasteiger partial charge in [-0.3, -0.25) is 19.9 Å². The van der Waals surface area contributed by atoms with Crippen LogP contribution in [0.4, 0.5) is 4.79 Å². The van der Waals surface area contributed by atoms with Gasteiger partial charge in [0.05, 0.1) is 39.1 Å². The van der Waals surface area contributed by atoms with E-state index >= 15 is 0 Å². The fourth-order valence-electron chi connectivity index (χ4n) is 13.5. The molecule has 1 atom stereocenters. The normalized spacial score (nSPS) is 21.0. The van der Waals surface area contributed by atoms with E-state index in [1.54, 1.807) is 24.8 Å².